The van der Waals surface area contributed by atoms with E-state index < -0.39 is 0 Å². The van der Waals surface area contributed by atoms with Gasteiger partial charge in [-0.15, -0.1) is 0 Å². The van der Waals surface area contributed by atoms with Crippen LogP contribution in [-0.4, -0.2) is 0 Å². The maximum absolute atomic E-state index is 11.3. The van der Waals surface area contributed by atoms with E-state index in [0.717, 1.165) is 0 Å². The van der Waals surface area contributed by atoms with E-state index in [1.807, 2.05) is 0 Å². The minimum absolute atomic E-state index is 0.120. The van der Waals surface area contributed by atoms with Crippen molar-refractivity contribution in [3.63, 3.8) is 0 Å². The highest BCUT2D eigenvalue weighted by atomic mass is 19.1. The van der Waals surface area contributed by atoms with Crippen molar-refractivity contribution in [3.05, 3.63) is 36.7 Å². The van der Waals surface area contributed by atoms with E-state index in [1.165, 1.54) is 19.1 Å². The van der Waals surface area contributed by atoms with Crippen LogP contribution >= 0.6 is 0 Å². The Morgan fingerprint density at radius 3 is 2.00 bits per heavy atom. The van der Waals surface area contributed by atoms with Gasteiger partial charge in [0.2, 0.25) is 0 Å². The van der Waals surface area contributed by atoms with Gasteiger partial charge in [-0.3, -0.25) is 0 Å². The molecule has 0 aliphatic carbocycles. The van der Waals surface area contributed by atoms with Gasteiger partial charge < -0.3 is 0 Å². The smallest absolute Gasteiger partial charge is 0.0985 e. The first-order valence-electron chi connectivity index (χ1n) is 3.08. The van der Waals surface area contributed by atoms with Gasteiger partial charge in [0.25, 0.3) is 0 Å². The molecule has 0 spiro atoms. The number of allylic oxidation sites excluding steroid dienone is 4. The lowest BCUT2D eigenvalue weighted by Gasteiger charge is -1.68. The summed E-state index contributed by atoms with van der Waals surface area (Å²) in [6.07, 6.45) is 2.83. The Morgan fingerprint density at radius 1 is 1.64 bits per heavy atom. The van der Waals surface area contributed by atoms with Crippen molar-refractivity contribution in [1.82, 2.24) is 0 Å². The SMILES string of the molecule is C/C=C(/C)F.C=CC(=C)C#N. The molecule has 0 unspecified atom stereocenters. The van der Waals surface area contributed by atoms with E-state index in [0.29, 0.717) is 5.57 Å². The predicted octanol–water partition coefficient (Wildman–Crippen LogP) is 3.13. The molecule has 0 fully saturated rings. The molecule has 0 amide bonds. The van der Waals surface area contributed by atoms with Gasteiger partial charge in [-0.2, -0.15) is 5.26 Å². The van der Waals surface area contributed by atoms with Gasteiger partial charge in [0.05, 0.1) is 11.9 Å². The molecule has 0 aromatic rings. The van der Waals surface area contributed by atoms with Crippen molar-refractivity contribution in [1.29, 1.82) is 5.26 Å². The van der Waals surface area contributed by atoms with Crippen LogP contribution in [0.25, 0.3) is 0 Å². The van der Waals surface area contributed by atoms with Crippen molar-refractivity contribution in [3.8, 4) is 6.07 Å². The Labute approximate surface area is 67.2 Å². The van der Waals surface area contributed by atoms with Crippen LogP contribution in [0.2, 0.25) is 0 Å². The molecule has 60 valence electrons. The second-order valence-corrected chi connectivity index (χ2v) is 1.72. The van der Waals surface area contributed by atoms with Gasteiger partial charge in [0, 0.05) is 5.57 Å². The maximum Gasteiger partial charge on any atom is 0.0985 e. The van der Waals surface area contributed by atoms with Crippen LogP contribution in [0.4, 0.5) is 4.39 Å². The maximum atomic E-state index is 11.3. The first-order valence-corrected chi connectivity index (χ1v) is 3.08. The van der Waals surface area contributed by atoms with E-state index in [4.69, 9.17) is 5.26 Å². The monoisotopic (exact) mass is 153 g/mol. The summed E-state index contributed by atoms with van der Waals surface area (Å²) in [4.78, 5) is 0. The van der Waals surface area contributed by atoms with Crippen molar-refractivity contribution >= 4 is 0 Å². The van der Waals surface area contributed by atoms with E-state index in [9.17, 15) is 4.39 Å². The Bertz CT molecular complexity index is 192. The van der Waals surface area contributed by atoms with Crippen molar-refractivity contribution < 1.29 is 4.39 Å². The van der Waals surface area contributed by atoms with Gasteiger partial charge in [0.1, 0.15) is 0 Å². The molecule has 0 radical (unpaired) electrons. The standard InChI is InChI=1S/C5H5N.C4H7F/c1-3-5(2)4-6;1-3-4(2)5/h3H,1-2H2;3H,1-2H3/b;4-3-. The molecule has 0 aromatic carbocycles. The number of hydrogen-bond donors (Lipinski definition) is 0. The molecule has 0 bridgehead atoms. The summed E-state index contributed by atoms with van der Waals surface area (Å²) < 4.78 is 11.3. The highest BCUT2D eigenvalue weighted by molar-refractivity contribution is 5.26. The molecule has 11 heavy (non-hydrogen) atoms. The molecule has 0 aromatic heterocycles. The topological polar surface area (TPSA) is 23.8 Å². The molecule has 0 aliphatic heterocycles. The lowest BCUT2D eigenvalue weighted by Crippen LogP contribution is -1.57. The van der Waals surface area contributed by atoms with E-state index in [-0.39, 0.29) is 5.83 Å². The van der Waals surface area contributed by atoms with Crippen LogP contribution in [0.1, 0.15) is 13.8 Å². The molecule has 0 heterocycles. The second-order valence-electron chi connectivity index (χ2n) is 1.72. The Morgan fingerprint density at radius 2 is 2.00 bits per heavy atom. The van der Waals surface area contributed by atoms with Crippen molar-refractivity contribution in [2.75, 3.05) is 0 Å². The summed E-state index contributed by atoms with van der Waals surface area (Å²) in [6, 6.07) is 1.80. The largest absolute Gasteiger partial charge is 0.213 e. The summed E-state index contributed by atoms with van der Waals surface area (Å²) in [5, 5.41) is 7.91. The Balaban J connectivity index is 0. The van der Waals surface area contributed by atoms with Crippen LogP contribution < -0.4 is 0 Å². The van der Waals surface area contributed by atoms with Crippen LogP contribution in [0, 0.1) is 11.3 Å². The van der Waals surface area contributed by atoms with Crippen LogP contribution in [0.5, 0.6) is 0 Å². The van der Waals surface area contributed by atoms with Crippen LogP contribution in [0.3, 0.4) is 0 Å². The predicted molar refractivity (Wildman–Crippen MR) is 45.5 cm³/mol. The average Bonchev–Trinajstić information content (AvgIpc) is 2.04. The average molecular weight is 153 g/mol. The zero-order valence-electron chi connectivity index (χ0n) is 6.89. The third kappa shape index (κ3) is 17.7. The molecule has 0 atom stereocenters. The number of hydrogen-bond acceptors (Lipinski definition) is 1. The number of rotatable bonds is 1. The molecule has 0 N–H and O–H groups in total. The number of halogens is 1. The highest BCUT2D eigenvalue weighted by Crippen LogP contribution is 1.87. The Kier molecular flexibility index (Phi) is 9.68. The molecular weight excluding hydrogens is 141 g/mol. The zero-order chi connectivity index (χ0) is 9.28. The molecule has 0 aliphatic rings. The first-order chi connectivity index (χ1) is 5.08. The zero-order valence-corrected chi connectivity index (χ0v) is 6.89. The van der Waals surface area contributed by atoms with Crippen molar-refractivity contribution in [2.45, 2.75) is 13.8 Å². The fraction of sp³-hybridized carbons (Fsp3) is 0.222. The number of nitrogens with zero attached hydrogens (tertiary/aromatic N) is 1. The van der Waals surface area contributed by atoms with Gasteiger partial charge in [-0.05, 0) is 13.8 Å². The van der Waals surface area contributed by atoms with E-state index >= 15 is 0 Å². The highest BCUT2D eigenvalue weighted by Gasteiger charge is 1.70. The third-order valence-electron chi connectivity index (χ3n) is 0.788. The molecule has 1 nitrogen and oxygen atoms in total. The van der Waals surface area contributed by atoms with Gasteiger partial charge >= 0.3 is 0 Å². The minimum Gasteiger partial charge on any atom is -0.213 e. The first kappa shape index (κ1) is 12.3. The second kappa shape index (κ2) is 8.64. The summed E-state index contributed by atoms with van der Waals surface area (Å²) in [5.74, 6) is -0.120. The molecule has 0 saturated heterocycles. The third-order valence-corrected chi connectivity index (χ3v) is 0.788. The minimum atomic E-state index is -0.120. The van der Waals surface area contributed by atoms with Crippen LogP contribution in [0.15, 0.2) is 36.7 Å². The van der Waals surface area contributed by atoms with Crippen LogP contribution in [-0.2, 0) is 0 Å². The fourth-order valence-corrected chi connectivity index (χ4v) is 0.0456. The summed E-state index contributed by atoms with van der Waals surface area (Å²) in [5.41, 5.74) is 0.412. The van der Waals surface area contributed by atoms with Gasteiger partial charge in [-0.1, -0.05) is 25.3 Å². The molecule has 0 saturated carbocycles. The molecule has 2 heteroatoms. The van der Waals surface area contributed by atoms with E-state index in [1.54, 1.807) is 13.0 Å². The normalized spacial score (nSPS) is 8.73. The quantitative estimate of drug-likeness (QED) is 0.419. The summed E-state index contributed by atoms with van der Waals surface area (Å²) >= 11 is 0. The van der Waals surface area contributed by atoms with E-state index in [2.05, 4.69) is 13.2 Å². The Hall–Kier alpha value is -1.36. The number of nitriles is 1. The van der Waals surface area contributed by atoms with Gasteiger partial charge in [-0.25, -0.2) is 4.39 Å². The molecule has 0 rings (SSSR count). The summed E-state index contributed by atoms with van der Waals surface area (Å²) in [7, 11) is 0. The lowest BCUT2D eigenvalue weighted by atomic mass is 10.3. The summed E-state index contributed by atoms with van der Waals surface area (Å²) in [6.45, 7) is 9.70. The fourth-order valence-electron chi connectivity index (χ4n) is 0.0456. The lowest BCUT2D eigenvalue weighted by molar-refractivity contribution is 0.638. The van der Waals surface area contributed by atoms with Gasteiger partial charge in [0.15, 0.2) is 0 Å². The van der Waals surface area contributed by atoms with Crippen molar-refractivity contribution in [2.24, 2.45) is 0 Å². The molecular formula is C9H12FN.